The summed E-state index contributed by atoms with van der Waals surface area (Å²) in [6, 6.07) is 20.5. The Morgan fingerprint density at radius 3 is 2.00 bits per heavy atom. The van der Waals surface area contributed by atoms with E-state index < -0.39 is 23.5 Å². The molecule has 0 fully saturated rings. The van der Waals surface area contributed by atoms with Crippen molar-refractivity contribution < 1.29 is 23.5 Å². The van der Waals surface area contributed by atoms with Gasteiger partial charge in [0.2, 0.25) is 0 Å². The van der Waals surface area contributed by atoms with E-state index in [2.05, 4.69) is 0 Å². The third-order valence-electron chi connectivity index (χ3n) is 4.71. The summed E-state index contributed by atoms with van der Waals surface area (Å²) >= 11 is 0. The van der Waals surface area contributed by atoms with Gasteiger partial charge in [0.05, 0.1) is 11.1 Å². The third-order valence-corrected chi connectivity index (χ3v) is 4.71. The van der Waals surface area contributed by atoms with E-state index in [4.69, 9.17) is 4.74 Å². The highest BCUT2D eigenvalue weighted by Crippen LogP contribution is 2.24. The lowest BCUT2D eigenvalue weighted by molar-refractivity contribution is -0.120. The highest BCUT2D eigenvalue weighted by Gasteiger charge is 2.37. The Hall–Kier alpha value is -4.00. The van der Waals surface area contributed by atoms with Gasteiger partial charge in [0.1, 0.15) is 18.2 Å². The van der Waals surface area contributed by atoms with Crippen molar-refractivity contribution in [3.05, 3.63) is 95.8 Å². The highest BCUT2D eigenvalue weighted by molar-refractivity contribution is 6.21. The zero-order valence-electron chi connectivity index (χ0n) is 15.8. The predicted octanol–water partition coefficient (Wildman–Crippen LogP) is 3.49. The van der Waals surface area contributed by atoms with Crippen LogP contribution in [0.5, 0.6) is 5.75 Å². The number of hydrogen-bond donors (Lipinski definition) is 0. The summed E-state index contributed by atoms with van der Waals surface area (Å²) in [5, 5.41) is 0. The molecule has 0 N–H and O–H groups in total. The number of halogens is 1. The zero-order chi connectivity index (χ0) is 21.1. The first-order valence-electron chi connectivity index (χ1n) is 9.23. The van der Waals surface area contributed by atoms with Crippen LogP contribution in [0.4, 0.5) is 10.1 Å². The minimum atomic E-state index is -0.456. The molecule has 1 aliphatic heterocycles. The van der Waals surface area contributed by atoms with Gasteiger partial charge in [-0.3, -0.25) is 24.2 Å². The fourth-order valence-corrected chi connectivity index (χ4v) is 3.18. The van der Waals surface area contributed by atoms with Crippen molar-refractivity contribution in [1.29, 1.82) is 0 Å². The van der Waals surface area contributed by atoms with Crippen LogP contribution in [-0.2, 0) is 4.79 Å². The Bertz CT molecular complexity index is 1060. The molecule has 3 aromatic carbocycles. The number of carbonyl (C=O) groups is 3. The van der Waals surface area contributed by atoms with Gasteiger partial charge in [0.15, 0.2) is 6.61 Å². The standard InChI is InChI=1S/C23H17FN2O4/c24-16-10-12-18(13-11-16)30-14-21(27)25(17-6-2-1-3-7-17)15-26-22(28)19-8-4-5-9-20(19)23(26)29/h1-13H,14-15H2. The summed E-state index contributed by atoms with van der Waals surface area (Å²) in [5.41, 5.74) is 1.14. The molecule has 0 aromatic heterocycles. The average molecular weight is 404 g/mol. The predicted molar refractivity (Wildman–Crippen MR) is 108 cm³/mol. The fourth-order valence-electron chi connectivity index (χ4n) is 3.18. The van der Waals surface area contributed by atoms with Crippen LogP contribution in [-0.4, -0.2) is 35.9 Å². The molecule has 0 unspecified atom stereocenters. The fraction of sp³-hybridized carbons (Fsp3) is 0.0870. The molecular weight excluding hydrogens is 387 g/mol. The van der Waals surface area contributed by atoms with Crippen LogP contribution in [0.25, 0.3) is 0 Å². The van der Waals surface area contributed by atoms with Gasteiger partial charge in [-0.05, 0) is 48.5 Å². The number of fused-ring (bicyclic) bond motifs is 1. The van der Waals surface area contributed by atoms with Crippen LogP contribution in [0.15, 0.2) is 78.9 Å². The highest BCUT2D eigenvalue weighted by atomic mass is 19.1. The van der Waals surface area contributed by atoms with Gasteiger partial charge >= 0.3 is 0 Å². The number of carbonyl (C=O) groups excluding carboxylic acids is 3. The maximum atomic E-state index is 13.0. The van der Waals surface area contributed by atoms with Gasteiger partial charge in [-0.25, -0.2) is 4.39 Å². The Morgan fingerprint density at radius 2 is 1.40 bits per heavy atom. The zero-order valence-corrected chi connectivity index (χ0v) is 15.8. The minimum Gasteiger partial charge on any atom is -0.484 e. The molecule has 0 bridgehead atoms. The average Bonchev–Trinajstić information content (AvgIpc) is 3.02. The van der Waals surface area contributed by atoms with E-state index in [0.29, 0.717) is 22.6 Å². The molecule has 0 aliphatic carbocycles. The van der Waals surface area contributed by atoms with Crippen molar-refractivity contribution >= 4 is 23.4 Å². The van der Waals surface area contributed by atoms with Crippen LogP contribution < -0.4 is 9.64 Å². The second-order valence-corrected chi connectivity index (χ2v) is 6.63. The smallest absolute Gasteiger partial charge is 0.266 e. The van der Waals surface area contributed by atoms with Gasteiger partial charge in [-0.1, -0.05) is 30.3 Å². The maximum absolute atomic E-state index is 13.0. The monoisotopic (exact) mass is 404 g/mol. The maximum Gasteiger partial charge on any atom is 0.266 e. The second kappa shape index (κ2) is 8.16. The largest absolute Gasteiger partial charge is 0.484 e. The summed E-state index contributed by atoms with van der Waals surface area (Å²) in [7, 11) is 0. The van der Waals surface area contributed by atoms with E-state index in [9.17, 15) is 18.8 Å². The molecule has 4 rings (SSSR count). The molecule has 0 saturated heterocycles. The molecule has 6 nitrogen and oxygen atoms in total. The Balaban J connectivity index is 1.55. The first-order chi connectivity index (χ1) is 14.5. The number of hydrogen-bond acceptors (Lipinski definition) is 4. The van der Waals surface area contributed by atoms with Gasteiger partial charge in [0.25, 0.3) is 17.7 Å². The van der Waals surface area contributed by atoms with Crippen LogP contribution in [0, 0.1) is 5.82 Å². The molecule has 1 heterocycles. The van der Waals surface area contributed by atoms with E-state index in [1.165, 1.54) is 29.2 Å². The van der Waals surface area contributed by atoms with Crippen LogP contribution in [0.2, 0.25) is 0 Å². The Morgan fingerprint density at radius 1 is 0.833 bits per heavy atom. The second-order valence-electron chi connectivity index (χ2n) is 6.63. The van der Waals surface area contributed by atoms with Crippen LogP contribution >= 0.6 is 0 Å². The topological polar surface area (TPSA) is 66.9 Å². The first-order valence-corrected chi connectivity index (χ1v) is 9.23. The third kappa shape index (κ3) is 3.77. The SMILES string of the molecule is O=C1c2ccccc2C(=O)N1CN(C(=O)COc1ccc(F)cc1)c1ccccc1. The lowest BCUT2D eigenvalue weighted by Crippen LogP contribution is -2.46. The van der Waals surface area contributed by atoms with Crippen molar-refractivity contribution in [3.8, 4) is 5.75 Å². The molecule has 0 spiro atoms. The molecular formula is C23H17FN2O4. The lowest BCUT2D eigenvalue weighted by Gasteiger charge is -2.27. The number of para-hydroxylation sites is 1. The van der Waals surface area contributed by atoms with Gasteiger partial charge in [-0.2, -0.15) is 0 Å². The number of amides is 3. The number of ether oxygens (including phenoxy) is 1. The normalized spacial score (nSPS) is 12.6. The summed E-state index contributed by atoms with van der Waals surface area (Å²) < 4.78 is 18.5. The van der Waals surface area contributed by atoms with Gasteiger partial charge in [0, 0.05) is 5.69 Å². The number of benzene rings is 3. The summed E-state index contributed by atoms with van der Waals surface area (Å²) in [5.74, 6) is -1.45. The van der Waals surface area contributed by atoms with E-state index in [1.807, 2.05) is 0 Å². The van der Waals surface area contributed by atoms with Gasteiger partial charge in [-0.15, -0.1) is 0 Å². The van der Waals surface area contributed by atoms with E-state index >= 15 is 0 Å². The number of rotatable bonds is 6. The van der Waals surface area contributed by atoms with E-state index in [-0.39, 0.29) is 13.3 Å². The summed E-state index contributed by atoms with van der Waals surface area (Å²) in [6.45, 7) is -0.592. The molecule has 0 saturated carbocycles. The van der Waals surface area contributed by atoms with Crippen molar-refractivity contribution in [3.63, 3.8) is 0 Å². The van der Waals surface area contributed by atoms with E-state index in [0.717, 1.165) is 4.90 Å². The lowest BCUT2D eigenvalue weighted by atomic mass is 10.1. The number of anilines is 1. The molecule has 0 atom stereocenters. The van der Waals surface area contributed by atoms with Gasteiger partial charge < -0.3 is 4.74 Å². The summed E-state index contributed by atoms with van der Waals surface area (Å²) in [6.07, 6.45) is 0. The minimum absolute atomic E-state index is 0.248. The molecule has 30 heavy (non-hydrogen) atoms. The molecule has 150 valence electrons. The Labute approximate surface area is 172 Å². The molecule has 1 aliphatic rings. The molecule has 7 heteroatoms. The quantitative estimate of drug-likeness (QED) is 0.590. The number of imide groups is 1. The summed E-state index contributed by atoms with van der Waals surface area (Å²) in [4.78, 5) is 40.7. The molecule has 3 aromatic rings. The van der Waals surface area contributed by atoms with Crippen molar-refractivity contribution in [2.75, 3.05) is 18.2 Å². The molecule has 3 amide bonds. The number of nitrogens with zero attached hydrogens (tertiary/aromatic N) is 2. The van der Waals surface area contributed by atoms with E-state index in [1.54, 1.807) is 54.6 Å². The van der Waals surface area contributed by atoms with Crippen molar-refractivity contribution in [2.24, 2.45) is 0 Å². The first kappa shape index (κ1) is 19.3. The van der Waals surface area contributed by atoms with Crippen LogP contribution in [0.3, 0.4) is 0 Å². The Kier molecular flexibility index (Phi) is 5.26. The van der Waals surface area contributed by atoms with Crippen LogP contribution in [0.1, 0.15) is 20.7 Å². The van der Waals surface area contributed by atoms with Crippen molar-refractivity contribution in [1.82, 2.24) is 4.90 Å². The molecule has 0 radical (unpaired) electrons. The van der Waals surface area contributed by atoms with Crippen molar-refractivity contribution in [2.45, 2.75) is 0 Å².